The molecule has 2 fully saturated rings. The maximum absolute atomic E-state index is 12.1. The Morgan fingerprint density at radius 2 is 2.28 bits per heavy atom. The summed E-state index contributed by atoms with van der Waals surface area (Å²) in [6, 6.07) is 0.444. The van der Waals surface area contributed by atoms with E-state index in [-0.39, 0.29) is 11.4 Å². The Hall–Kier alpha value is -0.790. The zero-order chi connectivity index (χ0) is 13.2. The highest BCUT2D eigenvalue weighted by molar-refractivity contribution is 5.75. The largest absolute Gasteiger partial charge is 0.334 e. The molecule has 2 aliphatic heterocycles. The van der Waals surface area contributed by atoms with Crippen LogP contribution in [-0.4, -0.2) is 22.4 Å². The average Bonchev–Trinajstić information content (AvgIpc) is 2.27. The molecular weight excluding hydrogens is 222 g/mol. The van der Waals surface area contributed by atoms with Crippen LogP contribution in [0.4, 0.5) is 0 Å². The second-order valence-electron chi connectivity index (χ2n) is 6.25. The van der Waals surface area contributed by atoms with Crippen LogP contribution < -0.4 is 0 Å². The lowest BCUT2D eigenvalue weighted by atomic mass is 9.70. The molecule has 2 saturated heterocycles. The van der Waals surface area contributed by atoms with Gasteiger partial charge in [-0.05, 0) is 38.5 Å². The van der Waals surface area contributed by atoms with Gasteiger partial charge in [-0.2, -0.15) is 0 Å². The van der Waals surface area contributed by atoms with E-state index in [2.05, 4.69) is 18.4 Å². The number of piperidine rings is 2. The summed E-state index contributed by atoms with van der Waals surface area (Å²) in [5.41, 5.74) is 1.49. The topological polar surface area (TPSA) is 20.3 Å². The van der Waals surface area contributed by atoms with Gasteiger partial charge in [0, 0.05) is 18.5 Å². The van der Waals surface area contributed by atoms with Gasteiger partial charge < -0.3 is 4.90 Å². The molecule has 0 radical (unpaired) electrons. The Labute approximate surface area is 111 Å². The van der Waals surface area contributed by atoms with E-state index in [0.29, 0.717) is 6.04 Å². The molecule has 1 unspecified atom stereocenters. The second kappa shape index (κ2) is 5.46. The van der Waals surface area contributed by atoms with Crippen molar-refractivity contribution < 1.29 is 4.79 Å². The van der Waals surface area contributed by atoms with Gasteiger partial charge in [0.1, 0.15) is 0 Å². The Kier molecular flexibility index (Phi) is 4.14. The molecule has 0 aromatic rings. The van der Waals surface area contributed by atoms with Gasteiger partial charge in [-0.3, -0.25) is 4.79 Å². The Bertz CT molecular complexity index is 336. The molecule has 0 N–H and O–H groups in total. The van der Waals surface area contributed by atoms with Crippen molar-refractivity contribution >= 4 is 5.91 Å². The third-order valence-corrected chi connectivity index (χ3v) is 4.74. The molecule has 2 heteroatoms. The molecule has 102 valence electrons. The highest BCUT2D eigenvalue weighted by atomic mass is 16.2. The fourth-order valence-corrected chi connectivity index (χ4v) is 4.17. The lowest BCUT2D eigenvalue weighted by Crippen LogP contribution is -2.61. The van der Waals surface area contributed by atoms with Gasteiger partial charge >= 0.3 is 0 Å². The molecular formula is C16H27NO. The summed E-state index contributed by atoms with van der Waals surface area (Å²) in [5, 5.41) is 0. The first kappa shape index (κ1) is 13.6. The molecule has 0 aromatic carbocycles. The number of nitrogens with zero attached hydrogens (tertiary/aromatic N) is 1. The number of fused-ring (bicyclic) bond motifs is 2. The smallest absolute Gasteiger partial charge is 0.220 e. The van der Waals surface area contributed by atoms with Crippen LogP contribution in [0, 0.1) is 0 Å². The molecule has 0 spiro atoms. The zero-order valence-electron chi connectivity index (χ0n) is 12.0. The first-order valence-electron chi connectivity index (χ1n) is 7.55. The van der Waals surface area contributed by atoms with Crippen LogP contribution in [0.1, 0.15) is 71.6 Å². The fourth-order valence-electron chi connectivity index (χ4n) is 4.17. The molecule has 2 heterocycles. The van der Waals surface area contributed by atoms with E-state index in [4.69, 9.17) is 0 Å². The van der Waals surface area contributed by atoms with Crippen molar-refractivity contribution in [3.8, 4) is 0 Å². The van der Waals surface area contributed by atoms with E-state index < -0.39 is 0 Å². The number of hydrogen-bond donors (Lipinski definition) is 0. The summed E-state index contributed by atoms with van der Waals surface area (Å²) >= 11 is 0. The van der Waals surface area contributed by atoms with Gasteiger partial charge in [-0.25, -0.2) is 0 Å². The van der Waals surface area contributed by atoms with Gasteiger partial charge in [0.2, 0.25) is 5.91 Å². The lowest BCUT2D eigenvalue weighted by molar-refractivity contribution is -0.145. The van der Waals surface area contributed by atoms with Crippen LogP contribution in [0.5, 0.6) is 0 Å². The first-order chi connectivity index (χ1) is 8.59. The van der Waals surface area contributed by atoms with Crippen LogP contribution in [-0.2, 0) is 4.79 Å². The van der Waals surface area contributed by atoms with Crippen molar-refractivity contribution in [1.29, 1.82) is 0 Å². The third-order valence-electron chi connectivity index (χ3n) is 4.74. The highest BCUT2D eigenvalue weighted by Crippen LogP contribution is 2.46. The summed E-state index contributed by atoms with van der Waals surface area (Å²) in [6.45, 7) is 8.22. The van der Waals surface area contributed by atoms with Crippen LogP contribution in [0.2, 0.25) is 0 Å². The predicted octanol–water partition coefficient (Wildman–Crippen LogP) is 4.06. The molecule has 0 saturated carbocycles. The molecule has 2 aliphatic rings. The Morgan fingerprint density at radius 1 is 1.50 bits per heavy atom. The molecule has 0 aromatic heterocycles. The summed E-state index contributed by atoms with van der Waals surface area (Å²) in [5.74, 6) is 0.281. The summed E-state index contributed by atoms with van der Waals surface area (Å²) in [6.07, 6.45) is 10.7. The summed E-state index contributed by atoms with van der Waals surface area (Å²) in [4.78, 5) is 14.3. The van der Waals surface area contributed by atoms with E-state index in [0.717, 1.165) is 12.8 Å². The fraction of sp³-hybridized carbons (Fsp3) is 0.812. The average molecular weight is 249 g/mol. The minimum atomic E-state index is 0.124. The molecule has 2 rings (SSSR count). The van der Waals surface area contributed by atoms with Crippen LogP contribution in [0.25, 0.3) is 0 Å². The first-order valence-corrected chi connectivity index (χ1v) is 7.55. The SMILES string of the molecule is C=C1C[C@@H]2CCCC(CCCCC)(C1)N2C(C)=O. The molecule has 0 aliphatic carbocycles. The maximum atomic E-state index is 12.1. The standard InChI is InChI=1S/C16H27NO/c1-4-5-6-9-16-10-7-8-15(11-13(2)12-16)17(16)14(3)18/h15H,2,4-12H2,1,3H3/t15-,16?/m0/s1. The second-order valence-corrected chi connectivity index (χ2v) is 6.25. The summed E-state index contributed by atoms with van der Waals surface area (Å²) < 4.78 is 0. The number of hydrogen-bond acceptors (Lipinski definition) is 1. The van der Waals surface area contributed by atoms with Crippen molar-refractivity contribution in [3.05, 3.63) is 12.2 Å². The minimum Gasteiger partial charge on any atom is -0.334 e. The van der Waals surface area contributed by atoms with E-state index in [1.54, 1.807) is 6.92 Å². The molecule has 2 nitrogen and oxygen atoms in total. The monoisotopic (exact) mass is 249 g/mol. The van der Waals surface area contributed by atoms with E-state index in [1.165, 1.54) is 50.5 Å². The Balaban J connectivity index is 2.19. The van der Waals surface area contributed by atoms with Gasteiger partial charge in [0.15, 0.2) is 0 Å². The number of amides is 1. The zero-order valence-corrected chi connectivity index (χ0v) is 12.0. The molecule has 2 atom stereocenters. The van der Waals surface area contributed by atoms with Gasteiger partial charge in [-0.1, -0.05) is 38.3 Å². The molecule has 1 amide bonds. The van der Waals surface area contributed by atoms with Crippen LogP contribution in [0.3, 0.4) is 0 Å². The van der Waals surface area contributed by atoms with Crippen molar-refractivity contribution in [1.82, 2.24) is 4.90 Å². The van der Waals surface area contributed by atoms with E-state index in [1.807, 2.05) is 0 Å². The lowest BCUT2D eigenvalue weighted by Gasteiger charge is -2.55. The third kappa shape index (κ3) is 2.48. The van der Waals surface area contributed by atoms with Crippen LogP contribution >= 0.6 is 0 Å². The van der Waals surface area contributed by atoms with E-state index >= 15 is 0 Å². The number of carbonyl (C=O) groups excluding carboxylic acids is 1. The number of carbonyl (C=O) groups is 1. The van der Waals surface area contributed by atoms with Crippen LogP contribution in [0.15, 0.2) is 12.2 Å². The normalized spacial score (nSPS) is 31.6. The van der Waals surface area contributed by atoms with Gasteiger partial charge in [0.05, 0.1) is 0 Å². The van der Waals surface area contributed by atoms with Gasteiger partial charge in [-0.15, -0.1) is 0 Å². The van der Waals surface area contributed by atoms with Gasteiger partial charge in [0.25, 0.3) is 0 Å². The van der Waals surface area contributed by atoms with E-state index in [9.17, 15) is 4.79 Å². The minimum absolute atomic E-state index is 0.124. The maximum Gasteiger partial charge on any atom is 0.220 e. The quantitative estimate of drug-likeness (QED) is 0.543. The predicted molar refractivity (Wildman–Crippen MR) is 75.4 cm³/mol. The Morgan fingerprint density at radius 3 is 2.94 bits per heavy atom. The number of rotatable bonds is 4. The van der Waals surface area contributed by atoms with Crippen molar-refractivity contribution in [3.63, 3.8) is 0 Å². The molecule has 18 heavy (non-hydrogen) atoms. The number of unbranched alkanes of at least 4 members (excludes halogenated alkanes) is 2. The van der Waals surface area contributed by atoms with Crippen molar-refractivity contribution in [2.24, 2.45) is 0 Å². The molecule has 2 bridgehead atoms. The summed E-state index contributed by atoms with van der Waals surface area (Å²) in [7, 11) is 0. The highest BCUT2D eigenvalue weighted by Gasteiger charge is 2.47. The van der Waals surface area contributed by atoms with Crippen molar-refractivity contribution in [2.75, 3.05) is 0 Å². The van der Waals surface area contributed by atoms with Crippen molar-refractivity contribution in [2.45, 2.75) is 83.2 Å².